The van der Waals surface area contributed by atoms with E-state index in [0.29, 0.717) is 11.1 Å². The largest absolute Gasteiger partial charge is 0.272 e. The highest BCUT2D eigenvalue weighted by Crippen LogP contribution is 2.29. The van der Waals surface area contributed by atoms with Gasteiger partial charge in [0, 0.05) is 23.1 Å². The van der Waals surface area contributed by atoms with E-state index in [2.05, 4.69) is 22.4 Å². The molecule has 0 atom stereocenters. The maximum atomic E-state index is 12.4. The fourth-order valence-electron chi connectivity index (χ4n) is 2.48. The third kappa shape index (κ3) is 1.84. The number of imide groups is 1. The molecule has 2 amide bonds. The average molecular weight is 282 g/mol. The van der Waals surface area contributed by atoms with Gasteiger partial charge in [0.25, 0.3) is 11.8 Å². The molecule has 0 fully saturated rings. The Morgan fingerprint density at radius 2 is 1.65 bits per heavy atom. The summed E-state index contributed by atoms with van der Waals surface area (Å²) in [5.74, 6) is -0.558. The molecular formula is C15H10N2O2S. The van der Waals surface area contributed by atoms with Crippen molar-refractivity contribution in [3.63, 3.8) is 0 Å². The molecule has 0 saturated carbocycles. The number of aliphatic imine (C=N–C) groups is 1. The van der Waals surface area contributed by atoms with Crippen molar-refractivity contribution in [3.8, 4) is 0 Å². The normalized spacial score (nSPS) is 13.5. The molecule has 1 heterocycles. The van der Waals surface area contributed by atoms with Crippen LogP contribution in [0.2, 0.25) is 0 Å². The van der Waals surface area contributed by atoms with Crippen LogP contribution in [0.1, 0.15) is 20.7 Å². The zero-order chi connectivity index (χ0) is 14.1. The number of amides is 2. The molecule has 0 aromatic heterocycles. The molecule has 0 spiro atoms. The van der Waals surface area contributed by atoms with Crippen LogP contribution in [0, 0.1) is 0 Å². The summed E-state index contributed by atoms with van der Waals surface area (Å²) < 4.78 is 0. The minimum Gasteiger partial charge on any atom is -0.272 e. The summed E-state index contributed by atoms with van der Waals surface area (Å²) in [6.07, 6.45) is 0. The quantitative estimate of drug-likeness (QED) is 0.494. The van der Waals surface area contributed by atoms with Gasteiger partial charge in [-0.25, -0.2) is 4.99 Å². The van der Waals surface area contributed by atoms with Crippen LogP contribution in [0.15, 0.2) is 41.4 Å². The number of isothiocyanates is 1. The van der Waals surface area contributed by atoms with E-state index in [4.69, 9.17) is 0 Å². The van der Waals surface area contributed by atoms with Gasteiger partial charge < -0.3 is 0 Å². The summed E-state index contributed by atoms with van der Waals surface area (Å²) in [7, 11) is 0. The predicted molar refractivity (Wildman–Crippen MR) is 79.2 cm³/mol. The average Bonchev–Trinajstić information content (AvgIpc) is 2.48. The highest BCUT2D eigenvalue weighted by atomic mass is 32.1. The van der Waals surface area contributed by atoms with Gasteiger partial charge in [-0.1, -0.05) is 24.3 Å². The zero-order valence-electron chi connectivity index (χ0n) is 10.5. The van der Waals surface area contributed by atoms with Crippen LogP contribution in [0.5, 0.6) is 0 Å². The first-order chi connectivity index (χ1) is 9.74. The van der Waals surface area contributed by atoms with E-state index >= 15 is 0 Å². The molecule has 98 valence electrons. The summed E-state index contributed by atoms with van der Waals surface area (Å²) in [5, 5.41) is 3.87. The van der Waals surface area contributed by atoms with E-state index in [-0.39, 0.29) is 24.9 Å². The van der Waals surface area contributed by atoms with Crippen LogP contribution in [0.25, 0.3) is 10.8 Å². The van der Waals surface area contributed by atoms with E-state index in [0.717, 1.165) is 10.8 Å². The Hall–Kier alpha value is -2.36. The molecule has 0 bridgehead atoms. The lowest BCUT2D eigenvalue weighted by Gasteiger charge is -2.26. The predicted octanol–water partition coefficient (Wildman–Crippen LogP) is 2.54. The Bertz CT molecular complexity index is 728. The first-order valence-electron chi connectivity index (χ1n) is 6.15. The molecule has 20 heavy (non-hydrogen) atoms. The number of rotatable bonds is 3. The Labute approximate surface area is 120 Å². The highest BCUT2D eigenvalue weighted by Gasteiger charge is 2.31. The minimum atomic E-state index is -0.279. The molecule has 1 aliphatic rings. The lowest BCUT2D eigenvalue weighted by molar-refractivity contribution is 0.0615. The number of carbonyl (C=O) groups excluding carboxylic acids is 2. The molecule has 5 heteroatoms. The SMILES string of the molecule is O=C1c2cccc3cccc(c23)C(=O)N1CCN=C=S. The molecule has 0 saturated heterocycles. The topological polar surface area (TPSA) is 49.7 Å². The molecule has 4 nitrogen and oxygen atoms in total. The van der Waals surface area contributed by atoms with Crippen LogP contribution in [0.4, 0.5) is 0 Å². The Morgan fingerprint density at radius 1 is 1.05 bits per heavy atom. The summed E-state index contributed by atoms with van der Waals surface area (Å²) >= 11 is 4.49. The van der Waals surface area contributed by atoms with Gasteiger partial charge in [0.1, 0.15) is 0 Å². The Kier molecular flexibility index (Phi) is 3.14. The molecule has 1 aliphatic heterocycles. The third-order valence-corrected chi connectivity index (χ3v) is 3.48. The number of hydrogen-bond donors (Lipinski definition) is 0. The summed E-state index contributed by atoms with van der Waals surface area (Å²) in [4.78, 5) is 29.8. The third-order valence-electron chi connectivity index (χ3n) is 3.36. The lowest BCUT2D eigenvalue weighted by atomic mass is 9.94. The van der Waals surface area contributed by atoms with Crippen LogP contribution in [-0.2, 0) is 0 Å². The van der Waals surface area contributed by atoms with Gasteiger partial charge in [0.15, 0.2) is 0 Å². The maximum Gasteiger partial charge on any atom is 0.261 e. The van der Waals surface area contributed by atoms with Gasteiger partial charge in [-0.15, -0.1) is 0 Å². The van der Waals surface area contributed by atoms with E-state index < -0.39 is 0 Å². The number of hydrogen-bond acceptors (Lipinski definition) is 4. The van der Waals surface area contributed by atoms with Crippen LogP contribution in [0.3, 0.4) is 0 Å². The molecule has 2 aromatic carbocycles. The smallest absolute Gasteiger partial charge is 0.261 e. The van der Waals surface area contributed by atoms with Gasteiger partial charge in [0.05, 0.1) is 11.7 Å². The summed E-state index contributed by atoms with van der Waals surface area (Å²) in [6.45, 7) is 0.491. The first kappa shape index (κ1) is 12.7. The fraction of sp³-hybridized carbons (Fsp3) is 0.133. The second-order valence-corrected chi connectivity index (χ2v) is 4.63. The number of benzene rings is 2. The van der Waals surface area contributed by atoms with Crippen molar-refractivity contribution in [2.45, 2.75) is 0 Å². The molecule has 3 rings (SSSR count). The number of carbonyl (C=O) groups is 2. The standard InChI is InChI=1S/C15H10N2O2S/c18-14-11-5-1-3-10-4-2-6-12(13(10)11)15(19)17(14)8-7-16-9-20/h1-6H,7-8H2. The molecule has 0 unspecified atom stereocenters. The fourth-order valence-corrected chi connectivity index (χ4v) is 2.57. The van der Waals surface area contributed by atoms with Crippen molar-refractivity contribution in [3.05, 3.63) is 47.5 Å². The van der Waals surface area contributed by atoms with Gasteiger partial charge in [0.2, 0.25) is 0 Å². The summed E-state index contributed by atoms with van der Waals surface area (Å²) in [5.41, 5.74) is 1.12. The monoisotopic (exact) mass is 282 g/mol. The zero-order valence-corrected chi connectivity index (χ0v) is 11.3. The Morgan fingerprint density at radius 3 is 2.20 bits per heavy atom. The van der Waals surface area contributed by atoms with Crippen molar-refractivity contribution in [2.24, 2.45) is 4.99 Å². The van der Waals surface area contributed by atoms with E-state index in [9.17, 15) is 9.59 Å². The van der Waals surface area contributed by atoms with Crippen LogP contribution >= 0.6 is 12.2 Å². The van der Waals surface area contributed by atoms with Crippen molar-refractivity contribution < 1.29 is 9.59 Å². The molecule has 0 radical (unpaired) electrons. The van der Waals surface area contributed by atoms with E-state index in [1.807, 2.05) is 24.3 Å². The van der Waals surface area contributed by atoms with Crippen molar-refractivity contribution in [1.29, 1.82) is 0 Å². The molecule has 0 aliphatic carbocycles. The van der Waals surface area contributed by atoms with Crippen molar-refractivity contribution in [1.82, 2.24) is 4.90 Å². The van der Waals surface area contributed by atoms with Crippen molar-refractivity contribution in [2.75, 3.05) is 13.1 Å². The highest BCUT2D eigenvalue weighted by molar-refractivity contribution is 7.78. The Balaban J connectivity index is 2.13. The number of thiocarbonyl (C=S) groups is 1. The van der Waals surface area contributed by atoms with Gasteiger partial charge >= 0.3 is 0 Å². The minimum absolute atomic E-state index is 0.214. The summed E-state index contributed by atoms with van der Waals surface area (Å²) in [6, 6.07) is 10.9. The second kappa shape index (κ2) is 4.96. The molecule has 2 aromatic rings. The van der Waals surface area contributed by atoms with Crippen LogP contribution < -0.4 is 0 Å². The lowest BCUT2D eigenvalue weighted by Crippen LogP contribution is -2.41. The maximum absolute atomic E-state index is 12.4. The van der Waals surface area contributed by atoms with Gasteiger partial charge in [-0.2, -0.15) is 0 Å². The number of nitrogens with zero attached hydrogens (tertiary/aromatic N) is 2. The second-order valence-electron chi connectivity index (χ2n) is 4.44. The molecule has 0 N–H and O–H groups in total. The molecular weight excluding hydrogens is 272 g/mol. The van der Waals surface area contributed by atoms with Gasteiger partial charge in [-0.3, -0.25) is 14.5 Å². The van der Waals surface area contributed by atoms with Crippen molar-refractivity contribution >= 4 is 40.0 Å². The van der Waals surface area contributed by atoms with E-state index in [1.165, 1.54) is 4.90 Å². The van der Waals surface area contributed by atoms with E-state index in [1.54, 1.807) is 12.1 Å². The van der Waals surface area contributed by atoms with Gasteiger partial charge in [-0.05, 0) is 29.7 Å². The first-order valence-corrected chi connectivity index (χ1v) is 6.56. The van der Waals surface area contributed by atoms with Crippen LogP contribution in [-0.4, -0.2) is 35.0 Å².